The fourth-order valence-corrected chi connectivity index (χ4v) is 3.02. The number of nitrogens with zero attached hydrogens (tertiary/aromatic N) is 3. The lowest BCUT2D eigenvalue weighted by atomic mass is 10.1. The number of ether oxygens (including phenoxy) is 1. The molecule has 0 unspecified atom stereocenters. The molecule has 25 heavy (non-hydrogen) atoms. The number of halogens is 2. The van der Waals surface area contributed by atoms with Crippen molar-refractivity contribution >= 4 is 50.6 Å². The minimum Gasteiger partial charge on any atom is -0.465 e. The van der Waals surface area contributed by atoms with Gasteiger partial charge in [-0.1, -0.05) is 11.6 Å². The van der Waals surface area contributed by atoms with Crippen molar-refractivity contribution in [3.8, 4) is 0 Å². The highest BCUT2D eigenvalue weighted by molar-refractivity contribution is 9.10. The Morgan fingerprint density at radius 3 is 2.76 bits per heavy atom. The number of benzene rings is 1. The van der Waals surface area contributed by atoms with Gasteiger partial charge in [0.05, 0.1) is 34.5 Å². The molecule has 0 aliphatic heterocycles. The van der Waals surface area contributed by atoms with E-state index in [9.17, 15) is 9.59 Å². The Kier molecular flexibility index (Phi) is 4.78. The molecule has 1 amide bonds. The maximum Gasteiger partial charge on any atom is 0.340 e. The summed E-state index contributed by atoms with van der Waals surface area (Å²) in [4.78, 5) is 26.3. The first-order valence-electron chi connectivity index (χ1n) is 7.21. The predicted octanol–water partition coefficient (Wildman–Crippen LogP) is 3.81. The highest BCUT2D eigenvalue weighted by Crippen LogP contribution is 2.26. The second-order valence-corrected chi connectivity index (χ2v) is 6.55. The van der Waals surface area contributed by atoms with Gasteiger partial charge in [0.1, 0.15) is 0 Å². The van der Waals surface area contributed by atoms with Crippen LogP contribution in [0.25, 0.3) is 5.52 Å². The Morgan fingerprint density at radius 2 is 2.04 bits per heavy atom. The van der Waals surface area contributed by atoms with Crippen LogP contribution in [0.5, 0.6) is 0 Å². The van der Waals surface area contributed by atoms with Gasteiger partial charge in [-0.25, -0.2) is 9.31 Å². The van der Waals surface area contributed by atoms with Gasteiger partial charge in [0.25, 0.3) is 5.91 Å². The van der Waals surface area contributed by atoms with E-state index in [1.807, 2.05) is 0 Å². The van der Waals surface area contributed by atoms with Crippen LogP contribution >= 0.6 is 27.5 Å². The van der Waals surface area contributed by atoms with Crippen molar-refractivity contribution in [3.05, 3.63) is 63.3 Å². The number of hydrogen-bond acceptors (Lipinski definition) is 4. The minimum atomic E-state index is -0.564. The van der Waals surface area contributed by atoms with Crippen LogP contribution in [0.4, 0.5) is 5.69 Å². The smallest absolute Gasteiger partial charge is 0.340 e. The van der Waals surface area contributed by atoms with Crippen molar-refractivity contribution in [1.82, 2.24) is 9.61 Å². The van der Waals surface area contributed by atoms with Crippen LogP contribution in [-0.4, -0.2) is 35.6 Å². The summed E-state index contributed by atoms with van der Waals surface area (Å²) in [5.41, 5.74) is 1.86. The van der Waals surface area contributed by atoms with Gasteiger partial charge in [-0.15, -0.1) is 0 Å². The summed E-state index contributed by atoms with van der Waals surface area (Å²) in [6.07, 6.45) is 3.35. The van der Waals surface area contributed by atoms with E-state index in [1.54, 1.807) is 48.2 Å². The zero-order valence-corrected chi connectivity index (χ0v) is 15.7. The van der Waals surface area contributed by atoms with E-state index in [0.29, 0.717) is 16.3 Å². The third-order valence-corrected chi connectivity index (χ3v) is 4.60. The van der Waals surface area contributed by atoms with Crippen molar-refractivity contribution in [1.29, 1.82) is 0 Å². The number of rotatable bonds is 3. The third kappa shape index (κ3) is 3.25. The first kappa shape index (κ1) is 17.4. The SMILES string of the molecule is COC(=O)c1cc(Cl)ccc1N(C)C(=O)c1ccn2ncc(Br)c2c1. The topological polar surface area (TPSA) is 63.9 Å². The lowest BCUT2D eigenvalue weighted by Gasteiger charge is -2.20. The van der Waals surface area contributed by atoms with Gasteiger partial charge in [0.15, 0.2) is 0 Å². The molecule has 8 heteroatoms. The minimum absolute atomic E-state index is 0.220. The predicted molar refractivity (Wildman–Crippen MR) is 98.4 cm³/mol. The number of amides is 1. The number of hydrogen-bond donors (Lipinski definition) is 0. The molecule has 0 saturated heterocycles. The number of aromatic nitrogens is 2. The first-order valence-corrected chi connectivity index (χ1v) is 8.38. The normalized spacial score (nSPS) is 10.7. The van der Waals surface area contributed by atoms with Crippen LogP contribution < -0.4 is 4.90 Å². The molecule has 1 aromatic carbocycles. The highest BCUT2D eigenvalue weighted by Gasteiger charge is 2.21. The van der Waals surface area contributed by atoms with Crippen LogP contribution in [0.1, 0.15) is 20.7 Å². The molecule has 0 N–H and O–H groups in total. The van der Waals surface area contributed by atoms with Crippen LogP contribution in [-0.2, 0) is 4.74 Å². The Bertz CT molecular complexity index is 986. The van der Waals surface area contributed by atoms with Gasteiger partial charge >= 0.3 is 5.97 Å². The average molecular weight is 423 g/mol. The zero-order chi connectivity index (χ0) is 18.1. The van der Waals surface area contributed by atoms with Gasteiger partial charge in [0.2, 0.25) is 0 Å². The summed E-state index contributed by atoms with van der Waals surface area (Å²) in [6.45, 7) is 0. The summed E-state index contributed by atoms with van der Waals surface area (Å²) < 4.78 is 7.22. The molecular formula is C17H13BrClN3O3. The van der Waals surface area contributed by atoms with E-state index < -0.39 is 5.97 Å². The van der Waals surface area contributed by atoms with Crippen molar-refractivity contribution < 1.29 is 14.3 Å². The van der Waals surface area contributed by atoms with E-state index in [0.717, 1.165) is 9.99 Å². The molecule has 0 aliphatic rings. The molecule has 2 aromatic heterocycles. The van der Waals surface area contributed by atoms with Gasteiger partial charge in [-0.05, 0) is 46.3 Å². The standard InChI is InChI=1S/C17H13BrClN3O3/c1-21(14-4-3-11(19)8-12(14)17(24)25-2)16(23)10-5-6-22-15(7-10)13(18)9-20-22/h3-9H,1-2H3. The van der Waals surface area contributed by atoms with Gasteiger partial charge in [0, 0.05) is 23.8 Å². The summed E-state index contributed by atoms with van der Waals surface area (Å²) in [5, 5.41) is 4.53. The van der Waals surface area contributed by atoms with E-state index in [-0.39, 0.29) is 11.5 Å². The number of esters is 1. The molecule has 0 fully saturated rings. The monoisotopic (exact) mass is 421 g/mol. The van der Waals surface area contributed by atoms with Crippen LogP contribution in [0.2, 0.25) is 5.02 Å². The van der Waals surface area contributed by atoms with Crippen molar-refractivity contribution in [3.63, 3.8) is 0 Å². The number of pyridine rings is 1. The molecule has 2 heterocycles. The molecule has 0 radical (unpaired) electrons. The molecule has 0 saturated carbocycles. The molecule has 0 aliphatic carbocycles. The van der Waals surface area contributed by atoms with E-state index in [4.69, 9.17) is 16.3 Å². The molecule has 0 spiro atoms. The van der Waals surface area contributed by atoms with E-state index in [1.165, 1.54) is 18.1 Å². The summed E-state index contributed by atoms with van der Waals surface area (Å²) in [7, 11) is 2.87. The van der Waals surface area contributed by atoms with Crippen LogP contribution in [0.15, 0.2) is 47.2 Å². The van der Waals surface area contributed by atoms with Crippen molar-refractivity contribution in [2.45, 2.75) is 0 Å². The summed E-state index contributed by atoms with van der Waals surface area (Å²) in [5.74, 6) is -0.839. The Hall–Kier alpha value is -2.38. The molecule has 0 bridgehead atoms. The number of methoxy groups -OCH3 is 1. The van der Waals surface area contributed by atoms with Crippen molar-refractivity contribution in [2.24, 2.45) is 0 Å². The molecule has 3 aromatic rings. The highest BCUT2D eigenvalue weighted by atomic mass is 79.9. The van der Waals surface area contributed by atoms with E-state index >= 15 is 0 Å². The second kappa shape index (κ2) is 6.85. The molecule has 6 nitrogen and oxygen atoms in total. The maximum atomic E-state index is 12.9. The van der Waals surface area contributed by atoms with Crippen LogP contribution in [0.3, 0.4) is 0 Å². The molecular weight excluding hydrogens is 410 g/mol. The lowest BCUT2D eigenvalue weighted by molar-refractivity contribution is 0.0601. The van der Waals surface area contributed by atoms with E-state index in [2.05, 4.69) is 21.0 Å². The number of carbonyl (C=O) groups is 2. The quantitative estimate of drug-likeness (QED) is 0.602. The Balaban J connectivity index is 2.02. The van der Waals surface area contributed by atoms with Crippen molar-refractivity contribution in [2.75, 3.05) is 19.1 Å². The number of anilines is 1. The van der Waals surface area contributed by atoms with Crippen LogP contribution in [0, 0.1) is 0 Å². The summed E-state index contributed by atoms with van der Waals surface area (Å²) in [6, 6.07) is 8.09. The molecule has 0 atom stereocenters. The first-order chi connectivity index (χ1) is 11.9. The maximum absolute atomic E-state index is 12.9. The molecule has 128 valence electrons. The zero-order valence-electron chi connectivity index (χ0n) is 13.4. The largest absolute Gasteiger partial charge is 0.465 e. The lowest BCUT2D eigenvalue weighted by Crippen LogP contribution is -2.28. The number of fused-ring (bicyclic) bond motifs is 1. The van der Waals surface area contributed by atoms with Gasteiger partial charge in [-0.2, -0.15) is 5.10 Å². The average Bonchev–Trinajstić information content (AvgIpc) is 3.00. The Morgan fingerprint density at radius 1 is 1.28 bits per heavy atom. The number of carbonyl (C=O) groups excluding carboxylic acids is 2. The Labute approximate surface area is 157 Å². The van der Waals surface area contributed by atoms with Gasteiger partial charge < -0.3 is 9.64 Å². The fraction of sp³-hybridized carbons (Fsp3) is 0.118. The summed E-state index contributed by atoms with van der Waals surface area (Å²) >= 11 is 9.36. The second-order valence-electron chi connectivity index (χ2n) is 5.25. The third-order valence-electron chi connectivity index (χ3n) is 3.75. The fourth-order valence-electron chi connectivity index (χ4n) is 2.46. The molecule has 3 rings (SSSR count). The van der Waals surface area contributed by atoms with Gasteiger partial charge in [-0.3, -0.25) is 4.79 Å².